The molecule has 138 valence electrons. The van der Waals surface area contributed by atoms with Crippen molar-refractivity contribution in [2.24, 2.45) is 0 Å². The number of carbonyl (C=O) groups is 1. The molecule has 0 aliphatic carbocycles. The van der Waals surface area contributed by atoms with Crippen molar-refractivity contribution in [2.45, 2.75) is 6.54 Å². The monoisotopic (exact) mass is 441 g/mol. The third kappa shape index (κ3) is 4.56. The summed E-state index contributed by atoms with van der Waals surface area (Å²) in [7, 11) is 2.92. The maximum Gasteiger partial charge on any atom is 0.254 e. The summed E-state index contributed by atoms with van der Waals surface area (Å²) in [6.07, 6.45) is 1.58. The van der Waals surface area contributed by atoms with Crippen molar-refractivity contribution in [3.8, 4) is 11.5 Å². The number of ether oxygens (including phenoxy) is 2. The predicted octanol–water partition coefficient (Wildman–Crippen LogP) is 5.09. The van der Waals surface area contributed by atoms with E-state index in [2.05, 4.69) is 22.5 Å². The van der Waals surface area contributed by atoms with E-state index in [1.807, 2.05) is 0 Å². The molecule has 7 heteroatoms. The second-order valence-corrected chi connectivity index (χ2v) is 6.73. The first kappa shape index (κ1) is 20.3. The number of methoxy groups -OCH3 is 2. The van der Waals surface area contributed by atoms with Gasteiger partial charge in [0.05, 0.1) is 19.2 Å². The minimum atomic E-state index is -0.389. The minimum Gasteiger partial charge on any atom is -0.493 e. The Balaban J connectivity index is 2.38. The molecule has 0 radical (unpaired) electrons. The van der Waals surface area contributed by atoms with Crippen LogP contribution in [-0.4, -0.2) is 31.6 Å². The molecule has 1 amide bonds. The van der Waals surface area contributed by atoms with Gasteiger partial charge in [0.15, 0.2) is 11.5 Å². The van der Waals surface area contributed by atoms with Crippen molar-refractivity contribution in [1.82, 2.24) is 4.90 Å². The third-order valence-electron chi connectivity index (χ3n) is 3.69. The van der Waals surface area contributed by atoms with E-state index in [1.165, 1.54) is 31.3 Å². The Labute approximate surface area is 165 Å². The Bertz CT molecular complexity index is 829. The number of hydrogen-bond acceptors (Lipinski definition) is 3. The highest BCUT2D eigenvalue weighted by Crippen LogP contribution is 2.36. The van der Waals surface area contributed by atoms with Gasteiger partial charge in [0.2, 0.25) is 0 Å². The van der Waals surface area contributed by atoms with E-state index in [4.69, 9.17) is 21.1 Å². The van der Waals surface area contributed by atoms with Gasteiger partial charge in [0, 0.05) is 28.7 Å². The maximum absolute atomic E-state index is 14.1. The van der Waals surface area contributed by atoms with Gasteiger partial charge in [-0.25, -0.2) is 4.39 Å². The van der Waals surface area contributed by atoms with Gasteiger partial charge in [-0.05, 0) is 30.3 Å². The molecule has 2 aromatic rings. The molecule has 2 rings (SSSR count). The fourth-order valence-electron chi connectivity index (χ4n) is 2.47. The summed E-state index contributed by atoms with van der Waals surface area (Å²) in [4.78, 5) is 14.4. The summed E-state index contributed by atoms with van der Waals surface area (Å²) < 4.78 is 25.2. The summed E-state index contributed by atoms with van der Waals surface area (Å²) in [5, 5.41) is 0.252. The van der Waals surface area contributed by atoms with Crippen LogP contribution in [0, 0.1) is 5.82 Å². The molecule has 0 aliphatic heterocycles. The zero-order valence-electron chi connectivity index (χ0n) is 14.4. The summed E-state index contributed by atoms with van der Waals surface area (Å²) in [5.41, 5.74) is 0.700. The van der Waals surface area contributed by atoms with E-state index < -0.39 is 0 Å². The van der Waals surface area contributed by atoms with E-state index in [9.17, 15) is 9.18 Å². The van der Waals surface area contributed by atoms with Gasteiger partial charge < -0.3 is 14.4 Å². The molecule has 0 heterocycles. The molecular weight excluding hydrogens is 425 g/mol. The smallest absolute Gasteiger partial charge is 0.254 e. The van der Waals surface area contributed by atoms with Gasteiger partial charge in [0.25, 0.3) is 5.91 Å². The summed E-state index contributed by atoms with van der Waals surface area (Å²) >= 11 is 9.50. The molecule has 2 aromatic carbocycles. The molecule has 4 nitrogen and oxygen atoms in total. The number of benzene rings is 2. The molecule has 26 heavy (non-hydrogen) atoms. The highest BCUT2D eigenvalue weighted by atomic mass is 79.9. The Morgan fingerprint density at radius 1 is 1.31 bits per heavy atom. The molecule has 0 fully saturated rings. The van der Waals surface area contributed by atoms with E-state index in [0.29, 0.717) is 22.6 Å². The number of rotatable bonds is 7. The minimum absolute atomic E-state index is 0.0854. The van der Waals surface area contributed by atoms with Crippen LogP contribution in [-0.2, 0) is 6.54 Å². The summed E-state index contributed by atoms with van der Waals surface area (Å²) in [6, 6.07) is 7.63. The van der Waals surface area contributed by atoms with Crippen LogP contribution in [0.3, 0.4) is 0 Å². The first-order valence-electron chi connectivity index (χ1n) is 7.66. The van der Waals surface area contributed by atoms with Crippen LogP contribution < -0.4 is 9.47 Å². The first-order chi connectivity index (χ1) is 12.4. The first-order valence-corrected chi connectivity index (χ1v) is 8.84. The summed E-state index contributed by atoms with van der Waals surface area (Å²) in [5.74, 6) is -0.0258. The average Bonchev–Trinajstić information content (AvgIpc) is 2.62. The van der Waals surface area contributed by atoms with Gasteiger partial charge >= 0.3 is 0 Å². The lowest BCUT2D eigenvalue weighted by Crippen LogP contribution is -2.31. The fraction of sp³-hybridized carbons (Fsp3) is 0.211. The molecule has 0 aromatic heterocycles. The number of amides is 1. The van der Waals surface area contributed by atoms with Crippen molar-refractivity contribution >= 4 is 33.4 Å². The molecule has 0 aliphatic rings. The van der Waals surface area contributed by atoms with Crippen LogP contribution in [0.5, 0.6) is 11.5 Å². The fourth-order valence-corrected chi connectivity index (χ4v) is 3.17. The van der Waals surface area contributed by atoms with Gasteiger partial charge in [-0.1, -0.05) is 33.6 Å². The normalized spacial score (nSPS) is 10.3. The third-order valence-corrected chi connectivity index (χ3v) is 4.46. The Morgan fingerprint density at radius 3 is 2.65 bits per heavy atom. The van der Waals surface area contributed by atoms with Crippen LogP contribution in [0.15, 0.2) is 47.5 Å². The highest BCUT2D eigenvalue weighted by Gasteiger charge is 2.21. The molecule has 0 atom stereocenters. The number of halogens is 3. The molecule has 0 saturated carbocycles. The standard InChI is InChI=1S/C19H18BrClFNO3/c1-4-7-23(11-13-8-14(20)5-6-16(13)22)19(24)12-9-15(21)18(26-3)17(10-12)25-2/h4-6,8-10H,1,7,11H2,2-3H3. The summed E-state index contributed by atoms with van der Waals surface area (Å²) in [6.45, 7) is 4.00. The molecule has 0 unspecified atom stereocenters. The molecule has 0 spiro atoms. The van der Waals surface area contributed by atoms with E-state index in [0.717, 1.165) is 4.47 Å². The van der Waals surface area contributed by atoms with Crippen molar-refractivity contribution in [1.29, 1.82) is 0 Å². The second-order valence-electron chi connectivity index (χ2n) is 5.40. The van der Waals surface area contributed by atoms with Crippen molar-refractivity contribution in [3.63, 3.8) is 0 Å². The van der Waals surface area contributed by atoms with E-state index in [-0.39, 0.29) is 29.8 Å². The van der Waals surface area contributed by atoms with Gasteiger partial charge in [-0.3, -0.25) is 4.79 Å². The lowest BCUT2D eigenvalue weighted by Gasteiger charge is -2.22. The maximum atomic E-state index is 14.1. The lowest BCUT2D eigenvalue weighted by molar-refractivity contribution is 0.0761. The SMILES string of the molecule is C=CCN(Cc1cc(Br)ccc1F)C(=O)c1cc(Cl)c(OC)c(OC)c1. The van der Waals surface area contributed by atoms with Crippen LogP contribution in [0.2, 0.25) is 5.02 Å². The number of hydrogen-bond donors (Lipinski definition) is 0. The molecule has 0 N–H and O–H groups in total. The predicted molar refractivity (Wildman–Crippen MR) is 104 cm³/mol. The topological polar surface area (TPSA) is 38.8 Å². The average molecular weight is 443 g/mol. The van der Waals surface area contributed by atoms with Gasteiger partial charge in [0.1, 0.15) is 5.82 Å². The lowest BCUT2D eigenvalue weighted by atomic mass is 10.1. The van der Waals surface area contributed by atoms with Crippen LogP contribution >= 0.6 is 27.5 Å². The largest absolute Gasteiger partial charge is 0.493 e. The van der Waals surface area contributed by atoms with Gasteiger partial charge in [-0.15, -0.1) is 6.58 Å². The Kier molecular flexibility index (Phi) is 7.06. The van der Waals surface area contributed by atoms with E-state index >= 15 is 0 Å². The van der Waals surface area contributed by atoms with E-state index in [1.54, 1.807) is 24.3 Å². The van der Waals surface area contributed by atoms with Crippen molar-refractivity contribution in [3.05, 3.63) is 69.4 Å². The van der Waals surface area contributed by atoms with Gasteiger partial charge in [-0.2, -0.15) is 0 Å². The van der Waals surface area contributed by atoms with Crippen LogP contribution in [0.1, 0.15) is 15.9 Å². The molecule has 0 bridgehead atoms. The zero-order valence-corrected chi connectivity index (χ0v) is 16.7. The van der Waals surface area contributed by atoms with Crippen LogP contribution in [0.25, 0.3) is 0 Å². The number of nitrogens with zero attached hydrogens (tertiary/aromatic N) is 1. The quantitative estimate of drug-likeness (QED) is 0.561. The Hall–Kier alpha value is -2.05. The van der Waals surface area contributed by atoms with Crippen molar-refractivity contribution < 1.29 is 18.7 Å². The zero-order chi connectivity index (χ0) is 19.3. The van der Waals surface area contributed by atoms with Crippen molar-refractivity contribution in [2.75, 3.05) is 20.8 Å². The molecular formula is C19H18BrClFNO3. The van der Waals surface area contributed by atoms with Crippen LogP contribution in [0.4, 0.5) is 4.39 Å². The second kappa shape index (κ2) is 9.05. The highest BCUT2D eigenvalue weighted by molar-refractivity contribution is 9.10. The molecule has 0 saturated heterocycles. The number of carbonyl (C=O) groups excluding carboxylic acids is 1. The Morgan fingerprint density at radius 2 is 2.04 bits per heavy atom.